The van der Waals surface area contributed by atoms with Crippen LogP contribution in [0.25, 0.3) is 6.08 Å². The Hall–Kier alpha value is -2.71. The van der Waals surface area contributed by atoms with Crippen molar-refractivity contribution >= 4 is 40.9 Å². The number of methoxy groups -OCH3 is 3. The van der Waals surface area contributed by atoms with Crippen LogP contribution in [-0.2, 0) is 9.59 Å². The molecule has 1 atom stereocenters. The molecule has 2 aromatic rings. The number of aliphatic carboxylic acids is 1. The topological polar surface area (TPSA) is 94.1 Å². The predicted molar refractivity (Wildman–Crippen MR) is 108 cm³/mol. The SMILES string of the molecule is COc1cc(C=CC(=O)NC(CC(=O)O)c2ccc(Cl)s2)cc(OC)c1OC. The number of amides is 1. The maximum absolute atomic E-state index is 12.3. The molecule has 28 heavy (non-hydrogen) atoms. The smallest absolute Gasteiger partial charge is 0.305 e. The van der Waals surface area contributed by atoms with E-state index in [9.17, 15) is 9.59 Å². The second-order valence-corrected chi connectivity index (χ2v) is 7.34. The molecule has 1 aromatic heterocycles. The molecule has 1 heterocycles. The Bertz CT molecular complexity index is 854. The molecule has 0 aliphatic rings. The summed E-state index contributed by atoms with van der Waals surface area (Å²) in [5.74, 6) is -0.103. The van der Waals surface area contributed by atoms with E-state index >= 15 is 0 Å². The summed E-state index contributed by atoms with van der Waals surface area (Å²) in [5.41, 5.74) is 0.651. The number of carbonyl (C=O) groups excluding carboxylic acids is 1. The number of carboxylic acids is 1. The highest BCUT2D eigenvalue weighted by atomic mass is 35.5. The van der Waals surface area contributed by atoms with Gasteiger partial charge in [-0.2, -0.15) is 0 Å². The minimum Gasteiger partial charge on any atom is -0.493 e. The highest BCUT2D eigenvalue weighted by Crippen LogP contribution is 2.38. The van der Waals surface area contributed by atoms with Crippen LogP contribution < -0.4 is 19.5 Å². The number of hydrogen-bond acceptors (Lipinski definition) is 6. The molecule has 1 aromatic carbocycles. The molecule has 1 unspecified atom stereocenters. The van der Waals surface area contributed by atoms with Crippen LogP contribution in [0.4, 0.5) is 0 Å². The zero-order chi connectivity index (χ0) is 20.7. The third-order valence-electron chi connectivity index (χ3n) is 3.75. The second-order valence-electron chi connectivity index (χ2n) is 5.59. The molecule has 0 fully saturated rings. The van der Waals surface area contributed by atoms with Crippen LogP contribution in [0.2, 0.25) is 4.34 Å². The molecule has 0 aliphatic heterocycles. The van der Waals surface area contributed by atoms with Crippen LogP contribution in [-0.4, -0.2) is 38.3 Å². The van der Waals surface area contributed by atoms with Crippen LogP contribution in [0.1, 0.15) is 22.9 Å². The molecule has 0 saturated heterocycles. The molecule has 7 nitrogen and oxygen atoms in total. The first-order chi connectivity index (χ1) is 13.4. The van der Waals surface area contributed by atoms with E-state index in [1.54, 1.807) is 30.3 Å². The van der Waals surface area contributed by atoms with Crippen LogP contribution >= 0.6 is 22.9 Å². The minimum absolute atomic E-state index is 0.249. The quantitative estimate of drug-likeness (QED) is 0.594. The van der Waals surface area contributed by atoms with E-state index in [4.69, 9.17) is 30.9 Å². The van der Waals surface area contributed by atoms with E-state index in [1.807, 2.05) is 0 Å². The van der Waals surface area contributed by atoms with Gasteiger partial charge in [0.2, 0.25) is 11.7 Å². The highest BCUT2D eigenvalue weighted by Gasteiger charge is 2.19. The van der Waals surface area contributed by atoms with Crippen molar-refractivity contribution in [1.29, 1.82) is 0 Å². The third kappa shape index (κ3) is 5.64. The van der Waals surface area contributed by atoms with Gasteiger partial charge < -0.3 is 24.6 Å². The number of nitrogens with one attached hydrogen (secondary N) is 1. The Balaban J connectivity index is 2.18. The van der Waals surface area contributed by atoms with Crippen LogP contribution in [0.15, 0.2) is 30.3 Å². The number of thiophene rings is 1. The van der Waals surface area contributed by atoms with Crippen molar-refractivity contribution in [2.45, 2.75) is 12.5 Å². The minimum atomic E-state index is -1.02. The maximum Gasteiger partial charge on any atom is 0.305 e. The molecule has 2 N–H and O–H groups in total. The lowest BCUT2D eigenvalue weighted by atomic mass is 10.1. The number of benzene rings is 1. The zero-order valence-corrected chi connectivity index (χ0v) is 17.1. The summed E-state index contributed by atoms with van der Waals surface area (Å²) >= 11 is 7.14. The van der Waals surface area contributed by atoms with Crippen LogP contribution in [0.3, 0.4) is 0 Å². The monoisotopic (exact) mass is 425 g/mol. The Morgan fingerprint density at radius 2 is 1.82 bits per heavy atom. The molecule has 0 aliphatic carbocycles. The van der Waals surface area contributed by atoms with Crippen molar-refractivity contribution in [1.82, 2.24) is 5.32 Å². The van der Waals surface area contributed by atoms with Gasteiger partial charge in [0.15, 0.2) is 11.5 Å². The van der Waals surface area contributed by atoms with E-state index in [0.717, 1.165) is 0 Å². The van der Waals surface area contributed by atoms with E-state index in [1.165, 1.54) is 38.7 Å². The molecular weight excluding hydrogens is 406 g/mol. The molecule has 1 amide bonds. The summed E-state index contributed by atoms with van der Waals surface area (Å²) in [5, 5.41) is 11.8. The Morgan fingerprint density at radius 3 is 2.29 bits per heavy atom. The van der Waals surface area contributed by atoms with Crippen molar-refractivity contribution in [2.75, 3.05) is 21.3 Å². The molecule has 9 heteroatoms. The summed E-state index contributed by atoms with van der Waals surface area (Å²) < 4.78 is 16.3. The number of halogens is 1. The van der Waals surface area contributed by atoms with Gasteiger partial charge in [-0.15, -0.1) is 11.3 Å². The van der Waals surface area contributed by atoms with Gasteiger partial charge in [0.05, 0.1) is 38.1 Å². The first kappa shape index (κ1) is 21.6. The molecular formula is C19H20ClNO6S. The lowest BCUT2D eigenvalue weighted by molar-refractivity contribution is -0.137. The number of carboxylic acid groups (broad SMARTS) is 1. The summed E-state index contributed by atoms with van der Waals surface area (Å²) in [6.07, 6.45) is 2.63. The molecule has 0 saturated carbocycles. The Morgan fingerprint density at radius 1 is 1.18 bits per heavy atom. The van der Waals surface area contributed by atoms with Gasteiger partial charge in [-0.25, -0.2) is 0 Å². The maximum atomic E-state index is 12.3. The van der Waals surface area contributed by atoms with Crippen molar-refractivity contribution in [3.05, 3.63) is 45.1 Å². The number of hydrogen-bond donors (Lipinski definition) is 2. The van der Waals surface area contributed by atoms with E-state index in [0.29, 0.717) is 32.0 Å². The average molecular weight is 426 g/mol. The fourth-order valence-corrected chi connectivity index (χ4v) is 3.61. The normalized spacial score (nSPS) is 11.9. The zero-order valence-electron chi connectivity index (χ0n) is 15.5. The van der Waals surface area contributed by atoms with E-state index in [-0.39, 0.29) is 6.42 Å². The Kier molecular flexibility index (Phi) is 7.71. The van der Waals surface area contributed by atoms with Crippen LogP contribution in [0.5, 0.6) is 17.2 Å². The van der Waals surface area contributed by atoms with Gasteiger partial charge in [0.25, 0.3) is 0 Å². The van der Waals surface area contributed by atoms with Gasteiger partial charge in [-0.1, -0.05) is 11.6 Å². The van der Waals surface area contributed by atoms with Gasteiger partial charge in [0, 0.05) is 11.0 Å². The van der Waals surface area contributed by atoms with Gasteiger partial charge >= 0.3 is 5.97 Å². The van der Waals surface area contributed by atoms with E-state index < -0.39 is 17.9 Å². The first-order valence-corrected chi connectivity index (χ1v) is 9.33. The van der Waals surface area contributed by atoms with Crippen molar-refractivity contribution < 1.29 is 28.9 Å². The second kappa shape index (κ2) is 10.0. The van der Waals surface area contributed by atoms with Crippen LogP contribution in [0, 0.1) is 0 Å². The average Bonchev–Trinajstić information content (AvgIpc) is 3.10. The molecule has 0 radical (unpaired) electrons. The van der Waals surface area contributed by atoms with Crippen molar-refractivity contribution in [3.63, 3.8) is 0 Å². The fourth-order valence-electron chi connectivity index (χ4n) is 2.50. The largest absolute Gasteiger partial charge is 0.493 e. The fraction of sp³-hybridized carbons (Fsp3) is 0.263. The van der Waals surface area contributed by atoms with Gasteiger partial charge in [-0.05, 0) is 35.9 Å². The summed E-state index contributed by atoms with van der Waals surface area (Å²) in [6.45, 7) is 0. The number of rotatable bonds is 9. The lowest BCUT2D eigenvalue weighted by Gasteiger charge is -2.14. The first-order valence-electron chi connectivity index (χ1n) is 8.13. The van der Waals surface area contributed by atoms with E-state index in [2.05, 4.69) is 5.32 Å². The van der Waals surface area contributed by atoms with Crippen molar-refractivity contribution in [2.24, 2.45) is 0 Å². The predicted octanol–water partition coefficient (Wildman–Crippen LogP) is 3.77. The van der Waals surface area contributed by atoms with Crippen molar-refractivity contribution in [3.8, 4) is 17.2 Å². The molecule has 150 valence electrons. The number of carbonyl (C=O) groups is 2. The molecule has 2 rings (SSSR count). The third-order valence-corrected chi connectivity index (χ3v) is 5.09. The molecule has 0 bridgehead atoms. The summed E-state index contributed by atoms with van der Waals surface area (Å²) in [7, 11) is 4.50. The molecule has 0 spiro atoms. The standard InChI is InChI=1S/C19H20ClNO6S/c1-25-13-8-11(9-14(26-2)19(13)27-3)4-7-17(22)21-12(10-18(23)24)15-5-6-16(20)28-15/h4-9,12H,10H2,1-3H3,(H,21,22)(H,23,24). The Labute approximate surface area is 171 Å². The highest BCUT2D eigenvalue weighted by molar-refractivity contribution is 7.16. The summed E-state index contributed by atoms with van der Waals surface area (Å²) in [6, 6.07) is 6.07. The summed E-state index contributed by atoms with van der Waals surface area (Å²) in [4.78, 5) is 24.1. The van der Waals surface area contributed by atoms with Gasteiger partial charge in [-0.3, -0.25) is 9.59 Å². The number of ether oxygens (including phenoxy) is 3. The lowest BCUT2D eigenvalue weighted by Crippen LogP contribution is -2.28. The van der Waals surface area contributed by atoms with Gasteiger partial charge in [0.1, 0.15) is 0 Å².